The number of fused-ring (bicyclic) bond motifs is 1. The van der Waals surface area contributed by atoms with Gasteiger partial charge >= 0.3 is 11.9 Å². The van der Waals surface area contributed by atoms with Gasteiger partial charge in [-0.25, -0.2) is 13.6 Å². The molecule has 9 heteroatoms. The van der Waals surface area contributed by atoms with Crippen LogP contribution >= 0.6 is 0 Å². The van der Waals surface area contributed by atoms with Crippen molar-refractivity contribution in [1.82, 2.24) is 10.2 Å². The highest BCUT2D eigenvalue weighted by atomic mass is 19.1. The van der Waals surface area contributed by atoms with Gasteiger partial charge in [-0.2, -0.15) is 9.48 Å². The summed E-state index contributed by atoms with van der Waals surface area (Å²) in [6.45, 7) is 0. The number of hydrogen-bond donors (Lipinski definition) is 1. The maximum Gasteiger partial charge on any atom is 0.445 e. The van der Waals surface area contributed by atoms with Crippen molar-refractivity contribution in [1.29, 1.82) is 0 Å². The summed E-state index contributed by atoms with van der Waals surface area (Å²) >= 11 is 0. The van der Waals surface area contributed by atoms with Crippen LogP contribution in [0, 0.1) is 17.6 Å². The van der Waals surface area contributed by atoms with E-state index in [1.807, 2.05) is 0 Å². The van der Waals surface area contributed by atoms with Crippen LogP contribution in [-0.2, 0) is 4.79 Å². The molecule has 2 aliphatic rings. The lowest BCUT2D eigenvalue weighted by Gasteiger charge is -2.26. The molecule has 4 amide bonds. The minimum Gasteiger partial charge on any atom is -0.324 e. The van der Waals surface area contributed by atoms with E-state index in [1.54, 1.807) is 0 Å². The Morgan fingerprint density at radius 3 is 2.72 bits per heavy atom. The minimum atomic E-state index is -1.02. The molecule has 0 aromatic heterocycles. The maximum atomic E-state index is 13.8. The SMILES string of the molecule is CN1C(=O)C2C(NC(=O)c3ccc(F)cc3F)=CC=NC2=[N+](C)C1=O. The van der Waals surface area contributed by atoms with Crippen molar-refractivity contribution in [3.63, 3.8) is 0 Å². The van der Waals surface area contributed by atoms with E-state index in [2.05, 4.69) is 10.3 Å². The Morgan fingerprint density at radius 2 is 2.04 bits per heavy atom. The van der Waals surface area contributed by atoms with Gasteiger partial charge in [-0.15, -0.1) is 4.99 Å². The number of nitrogens with zero attached hydrogens (tertiary/aromatic N) is 3. The number of aliphatic imine (C=N–C) groups is 1. The molecule has 0 radical (unpaired) electrons. The Bertz CT molecular complexity index is 905. The summed E-state index contributed by atoms with van der Waals surface area (Å²) in [5.41, 5.74) is -0.220. The zero-order chi connectivity index (χ0) is 18.3. The standard InChI is InChI=1S/C16H12F2N4O3/c1-21-13-12(15(24)22(2)16(21)25)11(5-6-19-13)20-14(23)9-4-3-8(17)7-10(9)18/h3-7,12H,1-2H3/p+1. The molecule has 2 aliphatic heterocycles. The number of halogens is 2. The number of carbonyl (C=O) groups is 3. The number of nitrogens with one attached hydrogen (secondary N) is 1. The molecule has 3 rings (SSSR count). The molecule has 1 atom stereocenters. The first-order valence-electron chi connectivity index (χ1n) is 7.24. The lowest BCUT2D eigenvalue weighted by Crippen LogP contribution is -2.54. The summed E-state index contributed by atoms with van der Waals surface area (Å²) in [7, 11) is 2.77. The Morgan fingerprint density at radius 1 is 1.32 bits per heavy atom. The molecular weight excluding hydrogens is 334 g/mol. The average Bonchev–Trinajstić information content (AvgIpc) is 2.57. The molecule has 1 aromatic carbocycles. The van der Waals surface area contributed by atoms with E-state index in [9.17, 15) is 23.2 Å². The van der Waals surface area contributed by atoms with Crippen molar-refractivity contribution in [3.05, 3.63) is 47.2 Å². The lowest BCUT2D eigenvalue weighted by atomic mass is 9.97. The van der Waals surface area contributed by atoms with Crippen LogP contribution in [0.2, 0.25) is 0 Å². The highest BCUT2D eigenvalue weighted by Crippen LogP contribution is 2.22. The highest BCUT2D eigenvalue weighted by molar-refractivity contribution is 6.16. The first-order chi connectivity index (χ1) is 11.8. The van der Waals surface area contributed by atoms with Gasteiger partial charge in [0.2, 0.25) is 0 Å². The molecule has 0 aliphatic carbocycles. The molecule has 0 fully saturated rings. The highest BCUT2D eigenvalue weighted by Gasteiger charge is 2.47. The fourth-order valence-corrected chi connectivity index (χ4v) is 2.62. The van der Waals surface area contributed by atoms with Crippen LogP contribution in [0.4, 0.5) is 13.6 Å². The number of amides is 4. The van der Waals surface area contributed by atoms with E-state index in [1.165, 1.54) is 31.0 Å². The molecule has 1 N–H and O–H groups in total. The predicted octanol–water partition coefficient (Wildman–Crippen LogP) is 0.912. The summed E-state index contributed by atoms with van der Waals surface area (Å²) in [5.74, 6) is -4.07. The van der Waals surface area contributed by atoms with Gasteiger partial charge in [-0.05, 0) is 18.2 Å². The second-order valence-corrected chi connectivity index (χ2v) is 5.51. The molecule has 0 spiro atoms. The molecule has 1 unspecified atom stereocenters. The third-order valence-corrected chi connectivity index (χ3v) is 3.96. The number of dihydropyridines is 1. The summed E-state index contributed by atoms with van der Waals surface area (Å²) in [6, 6.07) is 2.01. The number of urea groups is 1. The second kappa shape index (κ2) is 6.00. The molecule has 0 saturated heterocycles. The van der Waals surface area contributed by atoms with E-state index in [-0.39, 0.29) is 17.1 Å². The predicted molar refractivity (Wildman–Crippen MR) is 83.2 cm³/mol. The van der Waals surface area contributed by atoms with Gasteiger partial charge in [0.1, 0.15) is 17.8 Å². The van der Waals surface area contributed by atoms with Crippen molar-refractivity contribution < 1.29 is 27.7 Å². The van der Waals surface area contributed by atoms with Crippen molar-refractivity contribution >= 4 is 29.9 Å². The molecule has 0 saturated carbocycles. The van der Waals surface area contributed by atoms with E-state index in [0.29, 0.717) is 6.07 Å². The summed E-state index contributed by atoms with van der Waals surface area (Å²) in [4.78, 5) is 41.6. The number of rotatable bonds is 2. The normalized spacial score (nSPS) is 19.8. The fraction of sp³-hybridized carbons (Fsp3) is 0.188. The average molecular weight is 347 g/mol. The monoisotopic (exact) mass is 347 g/mol. The van der Waals surface area contributed by atoms with Crippen LogP contribution in [-0.4, -0.2) is 53.5 Å². The van der Waals surface area contributed by atoms with Gasteiger partial charge in [0.25, 0.3) is 11.7 Å². The van der Waals surface area contributed by atoms with E-state index >= 15 is 0 Å². The number of imide groups is 1. The number of amidine groups is 1. The number of hydrogen-bond acceptors (Lipinski definition) is 4. The van der Waals surface area contributed by atoms with Gasteiger partial charge in [-0.3, -0.25) is 9.59 Å². The maximum absolute atomic E-state index is 13.8. The fourth-order valence-electron chi connectivity index (χ4n) is 2.62. The number of carbonyl (C=O) groups excluding carboxylic acids is 3. The first-order valence-corrected chi connectivity index (χ1v) is 7.24. The lowest BCUT2D eigenvalue weighted by molar-refractivity contribution is -0.407. The van der Waals surface area contributed by atoms with Crippen LogP contribution in [0.25, 0.3) is 0 Å². The van der Waals surface area contributed by atoms with Crippen LogP contribution in [0.1, 0.15) is 10.4 Å². The summed E-state index contributed by atoms with van der Waals surface area (Å²) in [6.07, 6.45) is 2.72. The zero-order valence-electron chi connectivity index (χ0n) is 13.3. The first kappa shape index (κ1) is 16.6. The van der Waals surface area contributed by atoms with E-state index in [0.717, 1.165) is 17.0 Å². The van der Waals surface area contributed by atoms with Gasteiger partial charge in [0.05, 0.1) is 19.7 Å². The van der Waals surface area contributed by atoms with Gasteiger partial charge in [0, 0.05) is 11.8 Å². The number of benzene rings is 1. The number of allylic oxidation sites excluding steroid dienone is 1. The quantitative estimate of drug-likeness (QED) is 0.808. The van der Waals surface area contributed by atoms with Crippen molar-refractivity contribution in [2.75, 3.05) is 14.1 Å². The zero-order valence-corrected chi connectivity index (χ0v) is 13.3. The summed E-state index contributed by atoms with van der Waals surface area (Å²) < 4.78 is 27.9. The molecule has 1 aromatic rings. The Labute approximate surface area is 141 Å². The third kappa shape index (κ3) is 2.73. The molecular formula is C16H13F2N4O3+. The van der Waals surface area contributed by atoms with Crippen molar-refractivity contribution in [2.45, 2.75) is 0 Å². The third-order valence-electron chi connectivity index (χ3n) is 3.96. The van der Waals surface area contributed by atoms with E-state index < -0.39 is 35.4 Å². The Kier molecular flexibility index (Phi) is 3.99. The largest absolute Gasteiger partial charge is 0.445 e. The molecule has 128 valence electrons. The van der Waals surface area contributed by atoms with Crippen molar-refractivity contribution in [2.24, 2.45) is 10.9 Å². The van der Waals surface area contributed by atoms with Crippen LogP contribution < -0.4 is 5.32 Å². The van der Waals surface area contributed by atoms with Crippen LogP contribution in [0.5, 0.6) is 0 Å². The van der Waals surface area contributed by atoms with Crippen LogP contribution in [0.3, 0.4) is 0 Å². The van der Waals surface area contributed by atoms with E-state index in [4.69, 9.17) is 0 Å². The molecule has 7 nitrogen and oxygen atoms in total. The molecule has 2 heterocycles. The van der Waals surface area contributed by atoms with Gasteiger partial charge in [0.15, 0.2) is 5.92 Å². The minimum absolute atomic E-state index is 0.148. The van der Waals surface area contributed by atoms with Gasteiger partial charge < -0.3 is 5.32 Å². The smallest absolute Gasteiger partial charge is 0.324 e. The molecule has 0 bridgehead atoms. The second-order valence-electron chi connectivity index (χ2n) is 5.51. The topological polar surface area (TPSA) is 81.8 Å². The Hall–Kier alpha value is -3.23. The van der Waals surface area contributed by atoms with Crippen molar-refractivity contribution in [3.8, 4) is 0 Å². The molecule has 25 heavy (non-hydrogen) atoms. The Balaban J connectivity index is 1.94. The van der Waals surface area contributed by atoms with Crippen LogP contribution in [0.15, 0.2) is 35.0 Å². The van der Waals surface area contributed by atoms with Gasteiger partial charge in [-0.1, -0.05) is 0 Å². The summed E-state index contributed by atoms with van der Waals surface area (Å²) in [5, 5.41) is 2.44.